The summed E-state index contributed by atoms with van der Waals surface area (Å²) in [6, 6.07) is 10.1. The van der Waals surface area contributed by atoms with E-state index in [-0.39, 0.29) is 11.3 Å². The molecule has 0 fully saturated rings. The number of hydrogen-bond acceptors (Lipinski definition) is 3. The summed E-state index contributed by atoms with van der Waals surface area (Å²) >= 11 is 0. The van der Waals surface area contributed by atoms with Crippen LogP contribution >= 0.6 is 0 Å². The number of amides is 1. The molecule has 134 valence electrons. The number of pyridine rings is 1. The molecule has 1 aliphatic heterocycles. The zero-order valence-corrected chi connectivity index (χ0v) is 15.6. The topological polar surface area (TPSA) is 55.6 Å². The maximum absolute atomic E-state index is 12.8. The van der Waals surface area contributed by atoms with Crippen LogP contribution in [0.3, 0.4) is 0 Å². The molecule has 26 heavy (non-hydrogen) atoms. The van der Waals surface area contributed by atoms with Crippen LogP contribution in [0.15, 0.2) is 36.5 Å². The number of imidazole rings is 1. The average Bonchev–Trinajstić information content (AvgIpc) is 3.08. The number of ether oxygens (including phenoxy) is 1. The summed E-state index contributed by atoms with van der Waals surface area (Å²) in [4.78, 5) is 17.3. The highest BCUT2D eigenvalue weighted by atomic mass is 16.5. The third-order valence-corrected chi connectivity index (χ3v) is 4.97. The first-order valence-corrected chi connectivity index (χ1v) is 8.85. The Morgan fingerprint density at radius 3 is 2.88 bits per heavy atom. The fourth-order valence-electron chi connectivity index (χ4n) is 3.49. The van der Waals surface area contributed by atoms with E-state index < -0.39 is 0 Å². The van der Waals surface area contributed by atoms with Gasteiger partial charge in [0.05, 0.1) is 12.3 Å². The molecule has 3 heterocycles. The molecule has 0 unspecified atom stereocenters. The lowest BCUT2D eigenvalue weighted by molar-refractivity contribution is 0.0944. The van der Waals surface area contributed by atoms with E-state index in [2.05, 4.69) is 30.2 Å². The van der Waals surface area contributed by atoms with Crippen LogP contribution in [0.5, 0.6) is 5.75 Å². The second-order valence-electron chi connectivity index (χ2n) is 7.67. The Hall–Kier alpha value is -2.82. The quantitative estimate of drug-likeness (QED) is 0.787. The standard InChI is InChI=1S/C21H23N3O2/c1-13-5-8-18-23-14(2)19(24(18)11-13)20(25)22-10-15-6-7-17-16(9-15)21(3,4)12-26-17/h5-9,11H,10,12H2,1-4H3,(H,22,25). The number of hydrogen-bond donors (Lipinski definition) is 1. The van der Waals surface area contributed by atoms with Crippen molar-refractivity contribution in [3.8, 4) is 5.75 Å². The van der Waals surface area contributed by atoms with Crippen LogP contribution in [-0.4, -0.2) is 21.9 Å². The maximum atomic E-state index is 12.8. The number of aryl methyl sites for hydroxylation is 2. The van der Waals surface area contributed by atoms with Crippen LogP contribution in [0.2, 0.25) is 0 Å². The van der Waals surface area contributed by atoms with Gasteiger partial charge in [0.15, 0.2) is 0 Å². The van der Waals surface area contributed by atoms with Crippen molar-refractivity contribution >= 4 is 11.6 Å². The van der Waals surface area contributed by atoms with Gasteiger partial charge in [0.1, 0.15) is 17.1 Å². The minimum Gasteiger partial charge on any atom is -0.492 e. The van der Waals surface area contributed by atoms with Crippen LogP contribution in [-0.2, 0) is 12.0 Å². The molecule has 0 aliphatic carbocycles. The van der Waals surface area contributed by atoms with Crippen molar-refractivity contribution in [2.75, 3.05) is 6.61 Å². The van der Waals surface area contributed by atoms with Crippen LogP contribution in [0.4, 0.5) is 0 Å². The van der Waals surface area contributed by atoms with Crippen molar-refractivity contribution in [1.29, 1.82) is 0 Å². The highest BCUT2D eigenvalue weighted by Crippen LogP contribution is 2.38. The first kappa shape index (κ1) is 16.6. The summed E-state index contributed by atoms with van der Waals surface area (Å²) in [5.74, 6) is 0.829. The van der Waals surface area contributed by atoms with Crippen molar-refractivity contribution in [3.63, 3.8) is 0 Å². The van der Waals surface area contributed by atoms with Crippen molar-refractivity contribution in [2.45, 2.75) is 39.7 Å². The predicted octanol–water partition coefficient (Wildman–Crippen LogP) is 3.55. The third-order valence-electron chi connectivity index (χ3n) is 4.97. The van der Waals surface area contributed by atoms with Crippen molar-refractivity contribution < 1.29 is 9.53 Å². The van der Waals surface area contributed by atoms with Gasteiger partial charge in [-0.3, -0.25) is 9.20 Å². The van der Waals surface area contributed by atoms with Gasteiger partial charge in [-0.2, -0.15) is 0 Å². The lowest BCUT2D eigenvalue weighted by Gasteiger charge is -2.16. The highest BCUT2D eigenvalue weighted by Gasteiger charge is 2.31. The second-order valence-corrected chi connectivity index (χ2v) is 7.67. The van der Waals surface area contributed by atoms with Crippen molar-refractivity contribution in [1.82, 2.24) is 14.7 Å². The van der Waals surface area contributed by atoms with Gasteiger partial charge in [-0.25, -0.2) is 4.98 Å². The smallest absolute Gasteiger partial charge is 0.270 e. The highest BCUT2D eigenvalue weighted by molar-refractivity contribution is 5.94. The molecule has 0 spiro atoms. The number of benzene rings is 1. The Morgan fingerprint density at radius 2 is 2.08 bits per heavy atom. The van der Waals surface area contributed by atoms with Gasteiger partial charge in [0.25, 0.3) is 5.91 Å². The largest absolute Gasteiger partial charge is 0.492 e. The molecule has 0 saturated heterocycles. The summed E-state index contributed by atoms with van der Waals surface area (Å²) in [7, 11) is 0. The van der Waals surface area contributed by atoms with E-state index in [1.807, 2.05) is 48.7 Å². The Kier molecular flexibility index (Phi) is 3.75. The number of fused-ring (bicyclic) bond motifs is 2. The van der Waals surface area contributed by atoms with Crippen LogP contribution in [0.1, 0.15) is 46.7 Å². The minimum atomic E-state index is -0.114. The molecule has 1 N–H and O–H groups in total. The lowest BCUT2D eigenvalue weighted by atomic mass is 9.86. The van der Waals surface area contributed by atoms with E-state index in [9.17, 15) is 4.79 Å². The van der Waals surface area contributed by atoms with Gasteiger partial charge in [0, 0.05) is 23.7 Å². The van der Waals surface area contributed by atoms with E-state index in [1.165, 1.54) is 5.56 Å². The van der Waals surface area contributed by atoms with Crippen molar-refractivity contribution in [3.05, 3.63) is 64.6 Å². The summed E-state index contributed by atoms with van der Waals surface area (Å²) < 4.78 is 7.59. The zero-order valence-electron chi connectivity index (χ0n) is 15.6. The van der Waals surface area contributed by atoms with Crippen LogP contribution < -0.4 is 10.1 Å². The molecule has 1 aliphatic rings. The number of carbonyl (C=O) groups excluding carboxylic acids is 1. The van der Waals surface area contributed by atoms with Gasteiger partial charge in [-0.05, 0) is 43.2 Å². The average molecular weight is 349 g/mol. The molecule has 0 bridgehead atoms. The van der Waals surface area contributed by atoms with Gasteiger partial charge < -0.3 is 10.1 Å². The van der Waals surface area contributed by atoms with E-state index in [0.717, 1.165) is 28.2 Å². The third kappa shape index (κ3) is 2.73. The molecule has 4 rings (SSSR count). The minimum absolute atomic E-state index is 0.00508. The Bertz CT molecular complexity index is 1020. The monoisotopic (exact) mass is 349 g/mol. The number of aromatic nitrogens is 2. The van der Waals surface area contributed by atoms with Gasteiger partial charge in [-0.15, -0.1) is 0 Å². The van der Waals surface area contributed by atoms with E-state index in [4.69, 9.17) is 4.74 Å². The number of nitrogens with zero attached hydrogens (tertiary/aromatic N) is 2. The Labute approximate surface area is 153 Å². The number of carbonyl (C=O) groups is 1. The molecule has 1 aromatic carbocycles. The molecule has 0 radical (unpaired) electrons. The van der Waals surface area contributed by atoms with E-state index in [0.29, 0.717) is 18.8 Å². The molecule has 3 aromatic rings. The molecule has 0 atom stereocenters. The lowest BCUT2D eigenvalue weighted by Crippen LogP contribution is -2.25. The summed E-state index contributed by atoms with van der Waals surface area (Å²) in [5.41, 5.74) is 5.47. The van der Waals surface area contributed by atoms with E-state index in [1.54, 1.807) is 0 Å². The molecule has 0 saturated carbocycles. The van der Waals surface area contributed by atoms with Crippen LogP contribution in [0.25, 0.3) is 5.65 Å². The second kappa shape index (κ2) is 5.87. The molecule has 5 heteroatoms. The Morgan fingerprint density at radius 1 is 1.27 bits per heavy atom. The van der Waals surface area contributed by atoms with Crippen molar-refractivity contribution in [2.24, 2.45) is 0 Å². The fraction of sp³-hybridized carbons (Fsp3) is 0.333. The molecular formula is C21H23N3O2. The number of rotatable bonds is 3. The summed E-state index contributed by atoms with van der Waals surface area (Å²) in [6.07, 6.45) is 1.94. The van der Waals surface area contributed by atoms with E-state index >= 15 is 0 Å². The first-order valence-electron chi connectivity index (χ1n) is 8.85. The predicted molar refractivity (Wildman–Crippen MR) is 101 cm³/mol. The maximum Gasteiger partial charge on any atom is 0.270 e. The van der Waals surface area contributed by atoms with Gasteiger partial charge in [-0.1, -0.05) is 26.0 Å². The summed E-state index contributed by atoms with van der Waals surface area (Å²) in [5, 5.41) is 3.03. The van der Waals surface area contributed by atoms with Gasteiger partial charge in [0.2, 0.25) is 0 Å². The molecular weight excluding hydrogens is 326 g/mol. The summed E-state index contributed by atoms with van der Waals surface area (Å²) in [6.45, 7) is 9.38. The number of nitrogens with one attached hydrogen (secondary N) is 1. The zero-order chi connectivity index (χ0) is 18.5. The first-order chi connectivity index (χ1) is 12.3. The normalized spacial score (nSPS) is 14.9. The van der Waals surface area contributed by atoms with Crippen LogP contribution in [0, 0.1) is 13.8 Å². The molecule has 2 aromatic heterocycles. The Balaban J connectivity index is 1.57. The van der Waals surface area contributed by atoms with Gasteiger partial charge >= 0.3 is 0 Å². The SMILES string of the molecule is Cc1ccc2nc(C)c(C(=O)NCc3ccc4c(c3)C(C)(C)CO4)n2c1. The molecule has 5 nitrogen and oxygen atoms in total. The fourth-order valence-corrected chi connectivity index (χ4v) is 3.49. The molecule has 1 amide bonds.